The summed E-state index contributed by atoms with van der Waals surface area (Å²) >= 11 is 0. The molecule has 0 aromatic rings. The highest BCUT2D eigenvalue weighted by atomic mass is 32.2. The highest BCUT2D eigenvalue weighted by molar-refractivity contribution is 7.87. The van der Waals surface area contributed by atoms with Gasteiger partial charge in [0.25, 0.3) is 0 Å². The smallest absolute Gasteiger partial charge is 0.384 e. The monoisotopic (exact) mass is 547 g/mol. The van der Waals surface area contributed by atoms with E-state index in [2.05, 4.69) is 24.4 Å². The Labute approximate surface area is 226 Å². The van der Waals surface area contributed by atoms with Gasteiger partial charge in [-0.15, -0.1) is 0 Å². The van der Waals surface area contributed by atoms with Crippen LogP contribution in [0.5, 0.6) is 0 Å². The molecule has 1 unspecified atom stereocenters. The second-order valence-corrected chi connectivity index (χ2v) is 13.2. The van der Waals surface area contributed by atoms with Gasteiger partial charge < -0.3 is 10.4 Å². The minimum absolute atomic E-state index is 0.237. The minimum Gasteiger partial charge on any atom is -0.476 e. The Bertz CT molecular complexity index is 807. The Morgan fingerprint density at radius 2 is 1.30 bits per heavy atom. The molecule has 0 saturated heterocycles. The zero-order valence-corrected chi connectivity index (χ0v) is 25.2. The summed E-state index contributed by atoms with van der Waals surface area (Å²) < 4.78 is 33.6. The molecule has 0 bridgehead atoms. The molecule has 0 fully saturated rings. The van der Waals surface area contributed by atoms with Crippen LogP contribution in [0.3, 0.4) is 0 Å². The molecule has 3 N–H and O–H groups in total. The lowest BCUT2D eigenvalue weighted by Gasteiger charge is -2.43. The largest absolute Gasteiger partial charge is 0.476 e. The molecule has 8 nitrogen and oxygen atoms in total. The van der Waals surface area contributed by atoms with E-state index >= 15 is 0 Å². The van der Waals surface area contributed by atoms with Crippen molar-refractivity contribution in [2.45, 2.75) is 129 Å². The predicted octanol–water partition coefficient (Wildman–Crippen LogP) is 6.28. The number of carbonyl (C=O) groups excluding carboxylic acids is 1. The molecule has 218 valence electrons. The second kappa shape index (κ2) is 17.2. The van der Waals surface area contributed by atoms with Crippen molar-refractivity contribution >= 4 is 22.0 Å². The Morgan fingerprint density at radius 3 is 1.76 bits per heavy atom. The first kappa shape index (κ1) is 35.5. The van der Waals surface area contributed by atoms with E-state index < -0.39 is 30.9 Å². The molecule has 0 radical (unpaired) electrons. The standard InChI is InChI=1S/C28H54N2O6S/c1-7-9-10-11-12-13-14-15-16-17-18-19-20-21-23-27(3,4)25(31)29-24-30(5,6)28(22-8-2,26(32)33)37(34,35)36/h15-16H,7-14,17-24H2,1-6H3,(H2-,29,31,32,33,34,35,36)/p+1. The quantitative estimate of drug-likeness (QED) is 0.0482. The van der Waals surface area contributed by atoms with Crippen molar-refractivity contribution in [2.75, 3.05) is 20.8 Å². The van der Waals surface area contributed by atoms with Gasteiger partial charge in [0.1, 0.15) is 0 Å². The number of carbonyl (C=O) groups is 2. The molecule has 1 amide bonds. The zero-order chi connectivity index (χ0) is 28.6. The molecule has 0 aromatic carbocycles. The predicted molar refractivity (Wildman–Crippen MR) is 151 cm³/mol. The second-order valence-electron chi connectivity index (χ2n) is 11.5. The fourth-order valence-electron chi connectivity index (χ4n) is 4.77. The maximum atomic E-state index is 12.9. The fraction of sp³-hybridized carbons (Fsp3) is 0.857. The topological polar surface area (TPSA) is 121 Å². The molecule has 9 heteroatoms. The summed E-state index contributed by atoms with van der Waals surface area (Å²) in [6, 6.07) is 0. The average Bonchev–Trinajstić information content (AvgIpc) is 2.79. The summed E-state index contributed by atoms with van der Waals surface area (Å²) in [5.74, 6) is -1.89. The SMILES string of the molecule is CCCCCCCCC=CCCCCCCC(C)(C)C(=O)NC[N+](C)(C)C(CCC)(C(=O)O)S(=O)(=O)O. The first-order chi connectivity index (χ1) is 17.2. The summed E-state index contributed by atoms with van der Waals surface area (Å²) in [5, 5.41) is 12.5. The van der Waals surface area contributed by atoms with Gasteiger partial charge in [0.2, 0.25) is 5.91 Å². The summed E-state index contributed by atoms with van der Waals surface area (Å²) in [5.41, 5.74) is -0.675. The van der Waals surface area contributed by atoms with Crippen LogP contribution in [0.2, 0.25) is 0 Å². The van der Waals surface area contributed by atoms with Crippen LogP contribution >= 0.6 is 0 Å². The number of quaternary nitrogens is 1. The van der Waals surface area contributed by atoms with Crippen LogP contribution in [0.25, 0.3) is 0 Å². The molecule has 0 aromatic heterocycles. The number of likely N-dealkylation sites (N-methyl/N-ethyl adjacent to an activating group) is 1. The zero-order valence-electron chi connectivity index (χ0n) is 24.4. The summed E-state index contributed by atoms with van der Waals surface area (Å²) in [4.78, 5) is 22.5. The van der Waals surface area contributed by atoms with Crippen LogP contribution < -0.4 is 5.32 Å². The number of aliphatic carboxylic acids is 1. The summed E-state index contributed by atoms with van der Waals surface area (Å²) in [6.07, 6.45) is 19.6. The third kappa shape index (κ3) is 11.9. The van der Waals surface area contributed by atoms with Crippen molar-refractivity contribution in [3.8, 4) is 0 Å². The maximum Gasteiger partial charge on any atom is 0.384 e. The Morgan fingerprint density at radius 1 is 0.811 bits per heavy atom. The van der Waals surface area contributed by atoms with Crippen molar-refractivity contribution in [3.05, 3.63) is 12.2 Å². The number of hydrogen-bond acceptors (Lipinski definition) is 4. The van der Waals surface area contributed by atoms with Crippen LogP contribution in [-0.4, -0.2) is 60.1 Å². The molecule has 0 aliphatic carbocycles. The lowest BCUT2D eigenvalue weighted by Crippen LogP contribution is -2.70. The highest BCUT2D eigenvalue weighted by Gasteiger charge is 2.62. The Balaban J connectivity index is 4.49. The summed E-state index contributed by atoms with van der Waals surface area (Å²) in [7, 11) is -2.16. The summed E-state index contributed by atoms with van der Waals surface area (Å²) in [6.45, 7) is 7.33. The molecule has 37 heavy (non-hydrogen) atoms. The molecule has 0 heterocycles. The van der Waals surface area contributed by atoms with Crippen molar-refractivity contribution in [3.63, 3.8) is 0 Å². The van der Waals surface area contributed by atoms with Gasteiger partial charge in [-0.2, -0.15) is 8.42 Å². The number of unbranched alkanes of at least 4 members (excludes halogenated alkanes) is 10. The molecule has 0 spiro atoms. The van der Waals surface area contributed by atoms with Gasteiger partial charge in [-0.3, -0.25) is 13.8 Å². The minimum atomic E-state index is -4.95. The molecule has 1 atom stereocenters. The number of allylic oxidation sites excluding steroid dienone is 2. The van der Waals surface area contributed by atoms with E-state index in [-0.39, 0.29) is 25.4 Å². The maximum absolute atomic E-state index is 12.9. The van der Waals surface area contributed by atoms with Gasteiger partial charge in [0.15, 0.2) is 6.67 Å². The number of hydrogen-bond donors (Lipinski definition) is 3. The van der Waals surface area contributed by atoms with Gasteiger partial charge >= 0.3 is 21.0 Å². The van der Waals surface area contributed by atoms with Crippen LogP contribution in [0, 0.1) is 5.41 Å². The van der Waals surface area contributed by atoms with E-state index in [0.29, 0.717) is 6.42 Å². The van der Waals surface area contributed by atoms with E-state index in [4.69, 9.17) is 0 Å². The lowest BCUT2D eigenvalue weighted by molar-refractivity contribution is -0.919. The van der Waals surface area contributed by atoms with E-state index in [1.807, 2.05) is 13.8 Å². The van der Waals surface area contributed by atoms with E-state index in [0.717, 1.165) is 32.1 Å². The number of nitrogens with zero attached hydrogens (tertiary/aromatic N) is 1. The van der Waals surface area contributed by atoms with Crippen molar-refractivity contribution in [2.24, 2.45) is 5.41 Å². The van der Waals surface area contributed by atoms with Crippen LogP contribution in [0.15, 0.2) is 12.2 Å². The number of carboxylic acids is 1. The van der Waals surface area contributed by atoms with Crippen molar-refractivity contribution in [1.82, 2.24) is 5.32 Å². The number of rotatable bonds is 22. The molecular formula is C28H55N2O6S+. The molecular weight excluding hydrogens is 492 g/mol. The van der Waals surface area contributed by atoms with Gasteiger partial charge in [-0.25, -0.2) is 4.79 Å². The van der Waals surface area contributed by atoms with Crippen molar-refractivity contribution in [1.29, 1.82) is 0 Å². The van der Waals surface area contributed by atoms with Crippen LogP contribution in [-0.2, 0) is 19.7 Å². The third-order valence-corrected chi connectivity index (χ3v) is 9.12. The van der Waals surface area contributed by atoms with Crippen LogP contribution in [0.4, 0.5) is 0 Å². The number of carboxylic acid groups (broad SMARTS) is 1. The third-order valence-electron chi connectivity index (χ3n) is 7.39. The van der Waals surface area contributed by atoms with Gasteiger partial charge in [-0.05, 0) is 38.5 Å². The first-order valence-electron chi connectivity index (χ1n) is 14.2. The normalized spacial score (nSPS) is 14.6. The van der Waals surface area contributed by atoms with Gasteiger partial charge in [0.05, 0.1) is 14.1 Å². The fourth-order valence-corrected chi connectivity index (χ4v) is 6.14. The van der Waals surface area contributed by atoms with Crippen molar-refractivity contribution < 1.29 is 32.1 Å². The Hall–Kier alpha value is -1.45. The van der Waals surface area contributed by atoms with Gasteiger partial charge in [0, 0.05) is 11.8 Å². The number of amides is 1. The van der Waals surface area contributed by atoms with E-state index in [9.17, 15) is 27.7 Å². The highest BCUT2D eigenvalue weighted by Crippen LogP contribution is 2.32. The molecule has 0 rings (SSSR count). The van der Waals surface area contributed by atoms with Crippen LogP contribution in [0.1, 0.15) is 124 Å². The Kier molecular flexibility index (Phi) is 16.5. The molecule has 0 aliphatic heterocycles. The first-order valence-corrected chi connectivity index (χ1v) is 15.6. The van der Waals surface area contributed by atoms with Gasteiger partial charge in [-0.1, -0.05) is 91.2 Å². The molecule has 0 aliphatic rings. The average molecular weight is 548 g/mol. The lowest BCUT2D eigenvalue weighted by atomic mass is 9.86. The molecule has 0 saturated carbocycles. The van der Waals surface area contributed by atoms with E-state index in [1.165, 1.54) is 59.0 Å². The van der Waals surface area contributed by atoms with E-state index in [1.54, 1.807) is 6.92 Å². The number of nitrogens with one attached hydrogen (secondary N) is 1.